The van der Waals surface area contributed by atoms with Crippen LogP contribution in [0.15, 0.2) is 0 Å². The third kappa shape index (κ3) is 5.05. The summed E-state index contributed by atoms with van der Waals surface area (Å²) in [6, 6.07) is 0.230. The van der Waals surface area contributed by atoms with Gasteiger partial charge >= 0.3 is 0 Å². The van der Waals surface area contributed by atoms with Gasteiger partial charge in [-0.2, -0.15) is 0 Å². The zero-order chi connectivity index (χ0) is 14.4. The number of hydrogen-bond acceptors (Lipinski definition) is 3. The van der Waals surface area contributed by atoms with E-state index in [1.54, 1.807) is 0 Å². The molecule has 0 aromatic rings. The predicted molar refractivity (Wildman–Crippen MR) is 79.5 cm³/mol. The van der Waals surface area contributed by atoms with E-state index in [0.717, 1.165) is 12.8 Å². The van der Waals surface area contributed by atoms with Crippen LogP contribution in [0.4, 0.5) is 0 Å². The van der Waals surface area contributed by atoms with Gasteiger partial charge < -0.3 is 15.9 Å². The molecule has 1 saturated carbocycles. The second kappa shape index (κ2) is 8.23. The van der Waals surface area contributed by atoms with E-state index in [0.29, 0.717) is 30.1 Å². The summed E-state index contributed by atoms with van der Waals surface area (Å²) < 4.78 is 0. The highest BCUT2D eigenvalue weighted by atomic mass is 16.5. The Hall–Kier alpha value is -0.120. The zero-order valence-corrected chi connectivity index (χ0v) is 12.9. The first-order valence-electron chi connectivity index (χ1n) is 8.09. The molecule has 4 N–H and O–H groups in total. The number of rotatable bonds is 8. The minimum Gasteiger partial charge on any atom is -0.368 e. The van der Waals surface area contributed by atoms with Crippen molar-refractivity contribution in [3.8, 4) is 0 Å². The van der Waals surface area contributed by atoms with Crippen LogP contribution in [0.25, 0.3) is 0 Å². The summed E-state index contributed by atoms with van der Waals surface area (Å²) in [5.74, 6) is 2.27. The summed E-state index contributed by atoms with van der Waals surface area (Å²) in [6.07, 6.45) is 6.37. The van der Waals surface area contributed by atoms with Gasteiger partial charge in [-0.25, -0.2) is 0 Å². The van der Waals surface area contributed by atoms with Crippen molar-refractivity contribution in [2.24, 2.45) is 29.4 Å². The molecule has 0 amide bonds. The van der Waals surface area contributed by atoms with Crippen molar-refractivity contribution in [1.82, 2.24) is 0 Å². The van der Waals surface area contributed by atoms with Gasteiger partial charge in [0.1, 0.15) is 0 Å². The summed E-state index contributed by atoms with van der Waals surface area (Å²) in [7, 11) is 0. The molecule has 1 rings (SSSR count). The molecule has 3 nitrogen and oxygen atoms in total. The Balaban J connectivity index is 2.70. The average molecular weight is 271 g/mol. The minimum atomic E-state index is -1.19. The molecule has 3 heteroatoms. The monoisotopic (exact) mass is 271 g/mol. The Labute approximate surface area is 118 Å². The van der Waals surface area contributed by atoms with Crippen molar-refractivity contribution in [3.05, 3.63) is 0 Å². The predicted octanol–water partition coefficient (Wildman–Crippen LogP) is 2.89. The van der Waals surface area contributed by atoms with E-state index in [1.807, 2.05) is 0 Å². The van der Waals surface area contributed by atoms with E-state index in [-0.39, 0.29) is 6.04 Å². The first-order valence-corrected chi connectivity index (χ1v) is 8.09. The fourth-order valence-electron chi connectivity index (χ4n) is 3.99. The van der Waals surface area contributed by atoms with Crippen molar-refractivity contribution < 1.29 is 10.2 Å². The van der Waals surface area contributed by atoms with Crippen LogP contribution in [0.1, 0.15) is 65.7 Å². The van der Waals surface area contributed by atoms with Gasteiger partial charge in [0.2, 0.25) is 0 Å². The van der Waals surface area contributed by atoms with E-state index in [4.69, 9.17) is 15.9 Å². The molecule has 0 aliphatic heterocycles. The van der Waals surface area contributed by atoms with Crippen molar-refractivity contribution >= 4 is 0 Å². The number of hydrogen-bond donors (Lipinski definition) is 3. The Morgan fingerprint density at radius 1 is 1.05 bits per heavy atom. The molecule has 0 aromatic heterocycles. The normalized spacial score (nSPS) is 22.1. The van der Waals surface area contributed by atoms with E-state index in [1.165, 1.54) is 25.7 Å². The van der Waals surface area contributed by atoms with Crippen molar-refractivity contribution in [3.63, 3.8) is 0 Å². The number of aliphatic hydroxyl groups is 2. The average Bonchev–Trinajstić information content (AvgIpc) is 2.86. The molecule has 1 aliphatic carbocycles. The van der Waals surface area contributed by atoms with Gasteiger partial charge in [-0.15, -0.1) is 0 Å². The van der Waals surface area contributed by atoms with E-state index < -0.39 is 6.29 Å². The second-order valence-corrected chi connectivity index (χ2v) is 6.66. The highest BCUT2D eigenvalue weighted by molar-refractivity contribution is 4.87. The van der Waals surface area contributed by atoms with E-state index in [2.05, 4.69) is 20.8 Å². The third-order valence-corrected chi connectivity index (χ3v) is 5.07. The molecular formula is C16H33NO2. The summed E-state index contributed by atoms with van der Waals surface area (Å²) >= 11 is 0. The molecule has 0 radical (unpaired) electrons. The maximum absolute atomic E-state index is 9.16. The van der Waals surface area contributed by atoms with Crippen LogP contribution < -0.4 is 5.73 Å². The summed E-state index contributed by atoms with van der Waals surface area (Å²) in [5, 5.41) is 18.3. The van der Waals surface area contributed by atoms with Crippen LogP contribution in [0.5, 0.6) is 0 Å². The van der Waals surface area contributed by atoms with Gasteiger partial charge in [-0.05, 0) is 49.4 Å². The largest absolute Gasteiger partial charge is 0.368 e. The third-order valence-electron chi connectivity index (χ3n) is 5.07. The molecular weight excluding hydrogens is 238 g/mol. The van der Waals surface area contributed by atoms with Gasteiger partial charge in [0.25, 0.3) is 0 Å². The summed E-state index contributed by atoms with van der Waals surface area (Å²) in [4.78, 5) is 0. The van der Waals surface area contributed by atoms with Crippen molar-refractivity contribution in [1.29, 1.82) is 0 Å². The minimum absolute atomic E-state index is 0.230. The van der Waals surface area contributed by atoms with Crippen LogP contribution in [0.2, 0.25) is 0 Å². The lowest BCUT2D eigenvalue weighted by Gasteiger charge is -2.37. The van der Waals surface area contributed by atoms with Gasteiger partial charge in [0.15, 0.2) is 6.29 Å². The topological polar surface area (TPSA) is 66.5 Å². The standard InChI is InChI=1S/C16H33NO2/c1-4-13(11(2)3)14(9-10-15(18)19)16(17)12-7-5-6-8-12/h11-16,18-19H,4-10,17H2,1-3H3. The lowest BCUT2D eigenvalue weighted by atomic mass is 9.72. The Morgan fingerprint density at radius 2 is 1.63 bits per heavy atom. The molecule has 0 spiro atoms. The maximum atomic E-state index is 9.16. The first-order chi connectivity index (χ1) is 8.97. The molecule has 1 aliphatic rings. The number of nitrogens with two attached hydrogens (primary N) is 1. The van der Waals surface area contributed by atoms with Crippen molar-refractivity contribution in [2.45, 2.75) is 78.0 Å². The van der Waals surface area contributed by atoms with Gasteiger partial charge in [0.05, 0.1) is 0 Å². The van der Waals surface area contributed by atoms with E-state index >= 15 is 0 Å². The highest BCUT2D eigenvalue weighted by Gasteiger charge is 2.34. The van der Waals surface area contributed by atoms with Crippen LogP contribution in [-0.4, -0.2) is 22.5 Å². The van der Waals surface area contributed by atoms with Crippen LogP contribution in [0.3, 0.4) is 0 Å². The molecule has 1 fully saturated rings. The van der Waals surface area contributed by atoms with Gasteiger partial charge in [0, 0.05) is 6.04 Å². The molecule has 0 aromatic carbocycles. The van der Waals surface area contributed by atoms with Crippen molar-refractivity contribution in [2.75, 3.05) is 0 Å². The Bertz CT molecular complexity index is 237. The molecule has 19 heavy (non-hydrogen) atoms. The SMILES string of the molecule is CCC(C(C)C)C(CCC(O)O)C(N)C1CCCC1. The highest BCUT2D eigenvalue weighted by Crippen LogP contribution is 2.37. The molecule has 0 saturated heterocycles. The van der Waals surface area contributed by atoms with Crippen LogP contribution >= 0.6 is 0 Å². The van der Waals surface area contributed by atoms with E-state index in [9.17, 15) is 0 Å². The second-order valence-electron chi connectivity index (χ2n) is 6.66. The summed E-state index contributed by atoms with van der Waals surface area (Å²) in [6.45, 7) is 6.75. The maximum Gasteiger partial charge on any atom is 0.151 e. The molecule has 114 valence electrons. The van der Waals surface area contributed by atoms with Crippen LogP contribution in [-0.2, 0) is 0 Å². The lowest BCUT2D eigenvalue weighted by Crippen LogP contribution is -2.42. The smallest absolute Gasteiger partial charge is 0.151 e. The molecule has 0 heterocycles. The lowest BCUT2D eigenvalue weighted by molar-refractivity contribution is -0.0525. The summed E-state index contributed by atoms with van der Waals surface area (Å²) in [5.41, 5.74) is 6.56. The quantitative estimate of drug-likeness (QED) is 0.595. The zero-order valence-electron chi connectivity index (χ0n) is 12.9. The molecule has 3 atom stereocenters. The fourth-order valence-corrected chi connectivity index (χ4v) is 3.99. The Morgan fingerprint density at radius 3 is 2.05 bits per heavy atom. The molecule has 0 bridgehead atoms. The fraction of sp³-hybridized carbons (Fsp3) is 1.00. The first kappa shape index (κ1) is 16.9. The molecule has 3 unspecified atom stereocenters. The van der Waals surface area contributed by atoms with Gasteiger partial charge in [-0.3, -0.25) is 0 Å². The van der Waals surface area contributed by atoms with Gasteiger partial charge in [-0.1, -0.05) is 40.0 Å². The Kier molecular flexibility index (Phi) is 7.33. The van der Waals surface area contributed by atoms with Crippen LogP contribution in [0, 0.1) is 23.7 Å². The number of aliphatic hydroxyl groups excluding tert-OH is 1.